The van der Waals surface area contributed by atoms with Gasteiger partial charge in [0.15, 0.2) is 0 Å². The SMILES string of the molecule is CCOCCCC(=O)NNC(=O)C1CCCO1. The molecule has 1 rings (SSSR count). The molecule has 98 valence electrons. The summed E-state index contributed by atoms with van der Waals surface area (Å²) in [5.41, 5.74) is 4.72. The Morgan fingerprint density at radius 2 is 2.24 bits per heavy atom. The number of carbonyl (C=O) groups excluding carboxylic acids is 2. The molecule has 1 fully saturated rings. The Balaban J connectivity index is 2.04. The summed E-state index contributed by atoms with van der Waals surface area (Å²) < 4.78 is 10.3. The van der Waals surface area contributed by atoms with Crippen molar-refractivity contribution in [2.24, 2.45) is 0 Å². The summed E-state index contributed by atoms with van der Waals surface area (Å²) in [6.07, 6.45) is 2.17. The van der Waals surface area contributed by atoms with Crippen molar-refractivity contribution >= 4 is 11.8 Å². The zero-order valence-corrected chi connectivity index (χ0v) is 10.2. The summed E-state index contributed by atoms with van der Waals surface area (Å²) in [5, 5.41) is 0. The van der Waals surface area contributed by atoms with Gasteiger partial charge in [-0.05, 0) is 26.2 Å². The van der Waals surface area contributed by atoms with Crippen molar-refractivity contribution in [3.05, 3.63) is 0 Å². The van der Waals surface area contributed by atoms with Crippen molar-refractivity contribution in [3.63, 3.8) is 0 Å². The van der Waals surface area contributed by atoms with Crippen molar-refractivity contribution < 1.29 is 19.1 Å². The highest BCUT2D eigenvalue weighted by molar-refractivity contribution is 5.84. The molecule has 17 heavy (non-hydrogen) atoms. The maximum atomic E-state index is 11.5. The topological polar surface area (TPSA) is 76.7 Å². The number of hydrogen-bond acceptors (Lipinski definition) is 4. The van der Waals surface area contributed by atoms with Crippen LogP contribution in [0, 0.1) is 0 Å². The predicted octanol–water partition coefficient (Wildman–Crippen LogP) is 0.130. The molecule has 1 aliphatic rings. The number of amides is 2. The van der Waals surface area contributed by atoms with Gasteiger partial charge in [0, 0.05) is 26.2 Å². The van der Waals surface area contributed by atoms with Crippen LogP contribution in [0.5, 0.6) is 0 Å². The second-order valence-electron chi connectivity index (χ2n) is 3.84. The highest BCUT2D eigenvalue weighted by Crippen LogP contribution is 2.11. The molecule has 2 N–H and O–H groups in total. The summed E-state index contributed by atoms with van der Waals surface area (Å²) in [5.74, 6) is -0.489. The molecular weight excluding hydrogens is 224 g/mol. The van der Waals surface area contributed by atoms with E-state index >= 15 is 0 Å². The fourth-order valence-electron chi connectivity index (χ4n) is 1.54. The molecule has 1 heterocycles. The maximum Gasteiger partial charge on any atom is 0.267 e. The van der Waals surface area contributed by atoms with E-state index in [1.165, 1.54) is 0 Å². The Hall–Kier alpha value is -1.14. The third kappa shape index (κ3) is 5.65. The first-order chi connectivity index (χ1) is 8.24. The molecule has 0 spiro atoms. The number of hydrazine groups is 1. The lowest BCUT2D eigenvalue weighted by Gasteiger charge is -2.11. The standard InChI is InChI=1S/C11H20N2O4/c1-2-16-7-4-6-10(14)12-13-11(15)9-5-3-8-17-9/h9H,2-8H2,1H3,(H,12,14)(H,13,15). The van der Waals surface area contributed by atoms with Crippen molar-refractivity contribution in [1.82, 2.24) is 10.9 Å². The molecule has 0 aromatic heterocycles. The molecule has 1 unspecified atom stereocenters. The first kappa shape index (κ1) is 13.9. The Morgan fingerprint density at radius 3 is 2.88 bits per heavy atom. The minimum absolute atomic E-state index is 0.212. The van der Waals surface area contributed by atoms with E-state index in [9.17, 15) is 9.59 Å². The third-order valence-corrected chi connectivity index (χ3v) is 2.44. The van der Waals surface area contributed by atoms with Gasteiger partial charge in [-0.25, -0.2) is 0 Å². The van der Waals surface area contributed by atoms with Crippen LogP contribution in [0.3, 0.4) is 0 Å². The monoisotopic (exact) mass is 244 g/mol. The molecule has 1 atom stereocenters. The van der Waals surface area contributed by atoms with Crippen LogP contribution >= 0.6 is 0 Å². The second kappa shape index (κ2) is 8.03. The third-order valence-electron chi connectivity index (χ3n) is 2.44. The highest BCUT2D eigenvalue weighted by Gasteiger charge is 2.23. The molecule has 0 saturated carbocycles. The van der Waals surface area contributed by atoms with Gasteiger partial charge in [-0.3, -0.25) is 20.4 Å². The highest BCUT2D eigenvalue weighted by atomic mass is 16.5. The van der Waals surface area contributed by atoms with Gasteiger partial charge in [0.25, 0.3) is 5.91 Å². The molecule has 1 saturated heterocycles. The molecule has 6 heteroatoms. The van der Waals surface area contributed by atoms with Gasteiger partial charge in [0.05, 0.1) is 0 Å². The van der Waals surface area contributed by atoms with Gasteiger partial charge in [-0.15, -0.1) is 0 Å². The molecule has 0 aromatic rings. The van der Waals surface area contributed by atoms with Gasteiger partial charge in [0.1, 0.15) is 6.10 Å². The number of rotatable bonds is 6. The Morgan fingerprint density at radius 1 is 1.41 bits per heavy atom. The summed E-state index contributed by atoms with van der Waals surface area (Å²) >= 11 is 0. The van der Waals surface area contributed by atoms with Crippen LogP contribution in [-0.2, 0) is 19.1 Å². The normalized spacial score (nSPS) is 19.0. The maximum absolute atomic E-state index is 11.5. The number of hydrogen-bond donors (Lipinski definition) is 2. The van der Waals surface area contributed by atoms with Crippen LogP contribution in [0.4, 0.5) is 0 Å². The van der Waals surface area contributed by atoms with Crippen molar-refractivity contribution in [3.8, 4) is 0 Å². The van der Waals surface area contributed by atoms with Crippen LogP contribution in [0.15, 0.2) is 0 Å². The fourth-order valence-corrected chi connectivity index (χ4v) is 1.54. The van der Waals surface area contributed by atoms with Crippen molar-refractivity contribution in [2.75, 3.05) is 19.8 Å². The van der Waals surface area contributed by atoms with E-state index in [1.807, 2.05) is 6.92 Å². The zero-order valence-electron chi connectivity index (χ0n) is 10.2. The van der Waals surface area contributed by atoms with Crippen LogP contribution in [0.2, 0.25) is 0 Å². The minimum Gasteiger partial charge on any atom is -0.382 e. The van der Waals surface area contributed by atoms with Gasteiger partial charge in [-0.1, -0.05) is 0 Å². The number of carbonyl (C=O) groups is 2. The van der Waals surface area contributed by atoms with Crippen LogP contribution in [0.25, 0.3) is 0 Å². The van der Waals surface area contributed by atoms with E-state index in [0.717, 1.165) is 6.42 Å². The number of ether oxygens (including phenoxy) is 2. The first-order valence-electron chi connectivity index (χ1n) is 6.02. The Kier molecular flexibility index (Phi) is 6.57. The molecule has 0 radical (unpaired) electrons. The molecule has 6 nitrogen and oxygen atoms in total. The average Bonchev–Trinajstić information content (AvgIpc) is 2.85. The lowest BCUT2D eigenvalue weighted by molar-refractivity contribution is -0.134. The summed E-state index contributed by atoms with van der Waals surface area (Å²) in [6, 6.07) is 0. The van der Waals surface area contributed by atoms with E-state index in [-0.39, 0.29) is 11.8 Å². The minimum atomic E-state index is -0.418. The fraction of sp³-hybridized carbons (Fsp3) is 0.818. The van der Waals surface area contributed by atoms with Gasteiger partial charge >= 0.3 is 0 Å². The van der Waals surface area contributed by atoms with E-state index in [2.05, 4.69) is 10.9 Å². The number of nitrogens with one attached hydrogen (secondary N) is 2. The van der Waals surface area contributed by atoms with Crippen LogP contribution in [0.1, 0.15) is 32.6 Å². The van der Waals surface area contributed by atoms with E-state index < -0.39 is 6.10 Å². The lowest BCUT2D eigenvalue weighted by Crippen LogP contribution is -2.46. The molecule has 0 aromatic carbocycles. The van der Waals surface area contributed by atoms with Crippen molar-refractivity contribution in [1.29, 1.82) is 0 Å². The summed E-state index contributed by atoms with van der Waals surface area (Å²) in [4.78, 5) is 22.8. The van der Waals surface area contributed by atoms with Gasteiger partial charge in [-0.2, -0.15) is 0 Å². The zero-order chi connectivity index (χ0) is 12.5. The second-order valence-corrected chi connectivity index (χ2v) is 3.84. The van der Waals surface area contributed by atoms with Crippen LogP contribution in [-0.4, -0.2) is 37.7 Å². The average molecular weight is 244 g/mol. The van der Waals surface area contributed by atoms with E-state index in [1.54, 1.807) is 0 Å². The summed E-state index contributed by atoms with van der Waals surface area (Å²) in [6.45, 7) is 3.73. The van der Waals surface area contributed by atoms with E-state index in [0.29, 0.717) is 39.1 Å². The molecule has 2 amide bonds. The Bertz CT molecular complexity index is 252. The summed E-state index contributed by atoms with van der Waals surface area (Å²) in [7, 11) is 0. The molecule has 0 bridgehead atoms. The molecule has 1 aliphatic heterocycles. The van der Waals surface area contributed by atoms with Crippen LogP contribution < -0.4 is 10.9 Å². The van der Waals surface area contributed by atoms with Gasteiger partial charge < -0.3 is 9.47 Å². The first-order valence-corrected chi connectivity index (χ1v) is 6.02. The van der Waals surface area contributed by atoms with Crippen molar-refractivity contribution in [2.45, 2.75) is 38.7 Å². The van der Waals surface area contributed by atoms with Gasteiger partial charge in [0.2, 0.25) is 5.91 Å². The largest absolute Gasteiger partial charge is 0.382 e. The predicted molar refractivity (Wildman–Crippen MR) is 61.0 cm³/mol. The molecular formula is C11H20N2O4. The smallest absolute Gasteiger partial charge is 0.267 e. The molecule has 0 aliphatic carbocycles. The van der Waals surface area contributed by atoms with E-state index in [4.69, 9.17) is 9.47 Å². The quantitative estimate of drug-likeness (QED) is 0.514. The Labute approximate surface area is 101 Å². The lowest BCUT2D eigenvalue weighted by atomic mass is 10.2.